The first-order valence-corrected chi connectivity index (χ1v) is 5.41. The zero-order chi connectivity index (χ0) is 13.3. The molecule has 0 spiro atoms. The van der Waals surface area contributed by atoms with Crippen molar-refractivity contribution >= 4 is 17.2 Å². The van der Waals surface area contributed by atoms with Crippen molar-refractivity contribution in [1.29, 1.82) is 0 Å². The number of ether oxygens (including phenoxy) is 2. The number of aromatic nitrogens is 1. The third-order valence-electron chi connectivity index (χ3n) is 2.30. The number of thiocarbonyl (C=S) groups is 1. The number of rotatable bonds is 3. The second-order valence-corrected chi connectivity index (χ2v) is 4.13. The molecule has 0 atom stereocenters. The van der Waals surface area contributed by atoms with Crippen LogP contribution >= 0.6 is 12.2 Å². The van der Waals surface area contributed by atoms with E-state index in [2.05, 4.69) is 4.98 Å². The molecular formula is C10H9F3N2O2S. The Morgan fingerprint density at radius 2 is 2.11 bits per heavy atom. The molecule has 0 radical (unpaired) electrons. The van der Waals surface area contributed by atoms with E-state index in [4.69, 9.17) is 27.4 Å². The minimum Gasteiger partial charge on any atom is -0.469 e. The van der Waals surface area contributed by atoms with E-state index in [9.17, 15) is 13.2 Å². The fraction of sp³-hybridized carbons (Fsp3) is 0.400. The Bertz CT molecular complexity index is 475. The van der Waals surface area contributed by atoms with Gasteiger partial charge in [-0.15, -0.1) is 0 Å². The van der Waals surface area contributed by atoms with Crippen LogP contribution in [-0.4, -0.2) is 29.3 Å². The smallest absolute Gasteiger partial charge is 0.433 e. The van der Waals surface area contributed by atoms with Crippen LogP contribution in [0.3, 0.4) is 0 Å². The van der Waals surface area contributed by atoms with Crippen LogP contribution in [-0.2, 0) is 10.9 Å². The molecule has 1 aromatic rings. The summed E-state index contributed by atoms with van der Waals surface area (Å²) in [6.07, 6.45) is -4.85. The van der Waals surface area contributed by atoms with Crippen molar-refractivity contribution in [3.63, 3.8) is 0 Å². The molecule has 1 aliphatic rings. The zero-order valence-corrected chi connectivity index (χ0v) is 9.85. The first kappa shape index (κ1) is 13.0. The average Bonchev–Trinajstić information content (AvgIpc) is 2.21. The van der Waals surface area contributed by atoms with E-state index >= 15 is 0 Å². The van der Waals surface area contributed by atoms with E-state index in [1.54, 1.807) is 0 Å². The average molecular weight is 278 g/mol. The molecule has 0 amide bonds. The van der Waals surface area contributed by atoms with Gasteiger partial charge in [-0.2, -0.15) is 13.2 Å². The SMILES string of the molecule is NC(=S)c1ccc(C(F)(F)F)nc1OC1COC1. The van der Waals surface area contributed by atoms with Gasteiger partial charge in [0.05, 0.1) is 18.8 Å². The van der Waals surface area contributed by atoms with E-state index in [1.807, 2.05) is 0 Å². The summed E-state index contributed by atoms with van der Waals surface area (Å²) in [5.41, 5.74) is 4.55. The molecule has 0 unspecified atom stereocenters. The summed E-state index contributed by atoms with van der Waals surface area (Å²) in [7, 11) is 0. The van der Waals surface area contributed by atoms with Gasteiger partial charge in [0.1, 0.15) is 16.8 Å². The van der Waals surface area contributed by atoms with Gasteiger partial charge < -0.3 is 15.2 Å². The van der Waals surface area contributed by atoms with Crippen LogP contribution in [0.2, 0.25) is 0 Å². The molecule has 4 nitrogen and oxygen atoms in total. The monoisotopic (exact) mass is 278 g/mol. The third-order valence-corrected chi connectivity index (χ3v) is 2.52. The Labute approximate surface area is 106 Å². The van der Waals surface area contributed by atoms with Crippen molar-refractivity contribution in [2.24, 2.45) is 5.73 Å². The van der Waals surface area contributed by atoms with Gasteiger partial charge in [-0.05, 0) is 12.1 Å². The highest BCUT2D eigenvalue weighted by Gasteiger charge is 2.34. The summed E-state index contributed by atoms with van der Waals surface area (Å²) < 4.78 is 47.7. The highest BCUT2D eigenvalue weighted by Crippen LogP contribution is 2.30. The first-order valence-electron chi connectivity index (χ1n) is 5.00. The highest BCUT2D eigenvalue weighted by atomic mass is 32.1. The second kappa shape index (κ2) is 4.69. The minimum absolute atomic E-state index is 0.0635. The number of pyridine rings is 1. The Morgan fingerprint density at radius 3 is 2.56 bits per heavy atom. The van der Waals surface area contributed by atoms with Crippen LogP contribution in [0.25, 0.3) is 0 Å². The summed E-state index contributed by atoms with van der Waals surface area (Å²) in [5.74, 6) is -0.203. The van der Waals surface area contributed by atoms with Crippen LogP contribution < -0.4 is 10.5 Å². The maximum absolute atomic E-state index is 12.5. The highest BCUT2D eigenvalue weighted by molar-refractivity contribution is 7.80. The summed E-state index contributed by atoms with van der Waals surface area (Å²) >= 11 is 4.74. The topological polar surface area (TPSA) is 57.4 Å². The number of halogens is 3. The maximum Gasteiger partial charge on any atom is 0.433 e. The fourth-order valence-electron chi connectivity index (χ4n) is 1.32. The zero-order valence-electron chi connectivity index (χ0n) is 9.03. The first-order chi connectivity index (χ1) is 8.38. The van der Waals surface area contributed by atoms with Crippen LogP contribution in [0, 0.1) is 0 Å². The lowest BCUT2D eigenvalue weighted by Crippen LogP contribution is -2.39. The quantitative estimate of drug-likeness (QED) is 0.849. The number of hydrogen-bond acceptors (Lipinski definition) is 4. The van der Waals surface area contributed by atoms with Crippen molar-refractivity contribution in [1.82, 2.24) is 4.98 Å². The van der Waals surface area contributed by atoms with Gasteiger partial charge in [0, 0.05) is 0 Å². The number of nitrogens with zero attached hydrogens (tertiary/aromatic N) is 1. The molecule has 0 aliphatic carbocycles. The van der Waals surface area contributed by atoms with Gasteiger partial charge in [0.15, 0.2) is 0 Å². The van der Waals surface area contributed by atoms with Crippen LogP contribution in [0.1, 0.15) is 11.3 Å². The summed E-state index contributed by atoms with van der Waals surface area (Å²) in [4.78, 5) is 3.35. The Balaban J connectivity index is 2.34. The van der Waals surface area contributed by atoms with Gasteiger partial charge in [0.25, 0.3) is 0 Å². The van der Waals surface area contributed by atoms with Crippen LogP contribution in [0.15, 0.2) is 12.1 Å². The second-order valence-electron chi connectivity index (χ2n) is 3.69. The molecule has 0 aromatic carbocycles. The van der Waals surface area contributed by atoms with E-state index in [0.29, 0.717) is 13.2 Å². The minimum atomic E-state index is -4.54. The van der Waals surface area contributed by atoms with Gasteiger partial charge >= 0.3 is 6.18 Å². The molecular weight excluding hydrogens is 269 g/mol. The molecule has 8 heteroatoms. The van der Waals surface area contributed by atoms with Crippen molar-refractivity contribution in [2.45, 2.75) is 12.3 Å². The summed E-state index contributed by atoms with van der Waals surface area (Å²) in [6, 6.07) is 1.98. The van der Waals surface area contributed by atoms with Crippen molar-refractivity contribution < 1.29 is 22.6 Å². The van der Waals surface area contributed by atoms with Gasteiger partial charge in [-0.3, -0.25) is 0 Å². The molecule has 1 aromatic heterocycles. The normalized spacial score (nSPS) is 16.2. The molecule has 2 heterocycles. The molecule has 2 N–H and O–H groups in total. The lowest BCUT2D eigenvalue weighted by molar-refractivity contribution is -0.141. The lowest BCUT2D eigenvalue weighted by Gasteiger charge is -2.27. The molecule has 1 fully saturated rings. The van der Waals surface area contributed by atoms with Crippen molar-refractivity contribution in [3.05, 3.63) is 23.4 Å². The molecule has 1 saturated heterocycles. The molecule has 1 aliphatic heterocycles. The molecule has 18 heavy (non-hydrogen) atoms. The third kappa shape index (κ3) is 2.70. The fourth-order valence-corrected chi connectivity index (χ4v) is 1.47. The predicted octanol–water partition coefficient (Wildman–Crippen LogP) is 1.51. The Kier molecular flexibility index (Phi) is 3.40. The van der Waals surface area contributed by atoms with Gasteiger partial charge in [0.2, 0.25) is 5.88 Å². The van der Waals surface area contributed by atoms with E-state index < -0.39 is 11.9 Å². The summed E-state index contributed by atoms with van der Waals surface area (Å²) in [6.45, 7) is 0.628. The van der Waals surface area contributed by atoms with Crippen molar-refractivity contribution in [2.75, 3.05) is 13.2 Å². The number of nitrogens with two attached hydrogens (primary N) is 1. The van der Waals surface area contributed by atoms with Crippen molar-refractivity contribution in [3.8, 4) is 5.88 Å². The van der Waals surface area contributed by atoms with Gasteiger partial charge in [-0.1, -0.05) is 12.2 Å². The Hall–Kier alpha value is -1.41. The largest absolute Gasteiger partial charge is 0.469 e. The number of hydrogen-bond donors (Lipinski definition) is 1. The maximum atomic E-state index is 12.5. The molecule has 0 saturated carbocycles. The Morgan fingerprint density at radius 1 is 1.44 bits per heavy atom. The van der Waals surface area contributed by atoms with E-state index in [1.165, 1.54) is 0 Å². The van der Waals surface area contributed by atoms with Crippen LogP contribution in [0.4, 0.5) is 13.2 Å². The molecule has 98 valence electrons. The number of alkyl halides is 3. The lowest BCUT2D eigenvalue weighted by atomic mass is 10.2. The van der Waals surface area contributed by atoms with Crippen LogP contribution in [0.5, 0.6) is 5.88 Å². The van der Waals surface area contributed by atoms with Gasteiger partial charge in [-0.25, -0.2) is 4.98 Å². The summed E-state index contributed by atoms with van der Waals surface area (Å²) in [5, 5.41) is 0. The molecule has 2 rings (SSSR count). The standard InChI is InChI=1S/C10H9F3N2O2S/c11-10(12,13)7-2-1-6(8(14)18)9(15-7)17-5-3-16-4-5/h1-2,5H,3-4H2,(H2,14,18). The van der Waals surface area contributed by atoms with E-state index in [-0.39, 0.29) is 22.5 Å². The van der Waals surface area contributed by atoms with E-state index in [0.717, 1.165) is 12.1 Å². The predicted molar refractivity (Wildman–Crippen MR) is 60.4 cm³/mol. The molecule has 0 bridgehead atoms.